The van der Waals surface area contributed by atoms with E-state index in [0.717, 1.165) is 62.6 Å². The normalized spacial score (nSPS) is 21.0. The van der Waals surface area contributed by atoms with Crippen LogP contribution in [0, 0.1) is 5.92 Å². The summed E-state index contributed by atoms with van der Waals surface area (Å²) in [6.07, 6.45) is 9.67. The Morgan fingerprint density at radius 2 is 1.52 bits per heavy atom. The van der Waals surface area contributed by atoms with Crippen LogP contribution in [0.2, 0.25) is 0 Å². The molecule has 2 aliphatic heterocycles. The molecule has 2 aromatic rings. The number of benzene rings is 1. The molecule has 1 N–H and O–H groups in total. The fourth-order valence-corrected chi connectivity index (χ4v) is 5.50. The number of carbonyl (C=O) groups excluding carboxylic acids is 2. The molecule has 0 radical (unpaired) electrons. The number of aromatic nitrogens is 2. The Kier molecular flexibility index (Phi) is 5.83. The van der Waals surface area contributed by atoms with Crippen LogP contribution in [-0.4, -0.2) is 57.5 Å². The number of urea groups is 1. The van der Waals surface area contributed by atoms with E-state index in [4.69, 9.17) is 4.98 Å². The third-order valence-electron chi connectivity index (χ3n) is 7.28. The number of fused-ring (bicyclic) bond motifs is 1. The summed E-state index contributed by atoms with van der Waals surface area (Å²) < 4.78 is 2.26. The van der Waals surface area contributed by atoms with Crippen LogP contribution in [0.4, 0.5) is 10.7 Å². The Morgan fingerprint density at radius 1 is 0.839 bits per heavy atom. The summed E-state index contributed by atoms with van der Waals surface area (Å²) in [6.45, 7) is 3.06. The van der Waals surface area contributed by atoms with Gasteiger partial charge in [0.25, 0.3) is 0 Å². The Morgan fingerprint density at radius 3 is 2.26 bits per heavy atom. The summed E-state index contributed by atoms with van der Waals surface area (Å²) in [7, 11) is 0. The number of likely N-dealkylation sites (tertiary alicyclic amines) is 2. The maximum Gasteiger partial charge on any atom is 0.319 e. The molecule has 31 heavy (non-hydrogen) atoms. The van der Waals surface area contributed by atoms with Gasteiger partial charge in [-0.1, -0.05) is 31.4 Å². The molecule has 3 aliphatic rings. The van der Waals surface area contributed by atoms with Crippen molar-refractivity contribution < 1.29 is 9.59 Å². The van der Waals surface area contributed by atoms with Crippen LogP contribution < -0.4 is 5.32 Å². The second-order valence-corrected chi connectivity index (χ2v) is 9.31. The van der Waals surface area contributed by atoms with Gasteiger partial charge in [0, 0.05) is 38.1 Å². The van der Waals surface area contributed by atoms with Crippen molar-refractivity contribution in [3.63, 3.8) is 0 Å². The second kappa shape index (κ2) is 8.89. The van der Waals surface area contributed by atoms with E-state index in [-0.39, 0.29) is 17.9 Å². The van der Waals surface area contributed by atoms with Gasteiger partial charge in [0.15, 0.2) is 0 Å². The average molecular weight is 424 g/mol. The number of imidazole rings is 1. The number of nitrogens with one attached hydrogen (secondary N) is 1. The molecule has 0 unspecified atom stereocenters. The number of piperidine rings is 1. The lowest BCUT2D eigenvalue weighted by Crippen LogP contribution is -2.47. The quantitative estimate of drug-likeness (QED) is 0.795. The highest BCUT2D eigenvalue weighted by Crippen LogP contribution is 2.34. The third kappa shape index (κ3) is 4.14. The fourth-order valence-electron chi connectivity index (χ4n) is 5.50. The van der Waals surface area contributed by atoms with Crippen molar-refractivity contribution in [3.8, 4) is 0 Å². The minimum absolute atomic E-state index is 0.0423. The van der Waals surface area contributed by atoms with Crippen molar-refractivity contribution >= 4 is 28.9 Å². The van der Waals surface area contributed by atoms with E-state index in [1.807, 2.05) is 28.0 Å². The van der Waals surface area contributed by atoms with Crippen LogP contribution >= 0.6 is 0 Å². The first-order valence-corrected chi connectivity index (χ1v) is 12.0. The van der Waals surface area contributed by atoms with Crippen LogP contribution in [0.15, 0.2) is 24.3 Å². The minimum atomic E-state index is -0.0674. The Labute approximate surface area is 183 Å². The van der Waals surface area contributed by atoms with Gasteiger partial charge in [0.1, 0.15) is 0 Å². The monoisotopic (exact) mass is 423 g/mol. The van der Waals surface area contributed by atoms with Crippen LogP contribution in [0.5, 0.6) is 0 Å². The van der Waals surface area contributed by atoms with Crippen molar-refractivity contribution in [2.75, 3.05) is 31.5 Å². The van der Waals surface area contributed by atoms with E-state index in [0.29, 0.717) is 25.1 Å². The predicted molar refractivity (Wildman–Crippen MR) is 121 cm³/mol. The highest BCUT2D eigenvalue weighted by molar-refractivity contribution is 5.93. The lowest BCUT2D eigenvalue weighted by Gasteiger charge is -2.34. The average Bonchev–Trinajstić information content (AvgIpc) is 3.47. The number of hydrogen-bond donors (Lipinski definition) is 1. The zero-order valence-electron chi connectivity index (χ0n) is 18.3. The molecule has 1 aliphatic carbocycles. The van der Waals surface area contributed by atoms with Gasteiger partial charge < -0.3 is 14.4 Å². The molecule has 0 spiro atoms. The van der Waals surface area contributed by atoms with Crippen LogP contribution in [0.25, 0.3) is 11.0 Å². The number of rotatable bonds is 3. The number of hydrogen-bond acceptors (Lipinski definition) is 3. The van der Waals surface area contributed by atoms with E-state index < -0.39 is 0 Å². The Hall–Kier alpha value is -2.57. The van der Waals surface area contributed by atoms with E-state index in [1.165, 1.54) is 19.3 Å². The van der Waals surface area contributed by atoms with Crippen LogP contribution in [0.3, 0.4) is 0 Å². The van der Waals surface area contributed by atoms with Crippen molar-refractivity contribution in [1.82, 2.24) is 19.4 Å². The Bertz CT molecular complexity index is 935. The molecule has 0 bridgehead atoms. The lowest BCUT2D eigenvalue weighted by atomic mass is 9.95. The highest BCUT2D eigenvalue weighted by Gasteiger charge is 2.31. The zero-order valence-corrected chi connectivity index (χ0v) is 18.3. The number of nitrogens with zero attached hydrogens (tertiary/aromatic N) is 4. The smallest absolute Gasteiger partial charge is 0.319 e. The van der Waals surface area contributed by atoms with Gasteiger partial charge in [-0.05, 0) is 50.7 Å². The van der Waals surface area contributed by atoms with Crippen LogP contribution in [-0.2, 0) is 4.79 Å². The molecule has 7 nitrogen and oxygen atoms in total. The van der Waals surface area contributed by atoms with Gasteiger partial charge in [0.2, 0.25) is 11.9 Å². The molecule has 1 saturated carbocycles. The van der Waals surface area contributed by atoms with Crippen molar-refractivity contribution in [2.24, 2.45) is 5.92 Å². The predicted octanol–water partition coefficient (Wildman–Crippen LogP) is 4.41. The molecule has 1 aromatic carbocycles. The standard InChI is InChI=1S/C24H33N5O2/c30-22(18-12-16-28(17-13-18)24(31)27-14-6-7-15-27)26-23-25-20-10-4-5-11-21(20)29(23)19-8-2-1-3-9-19/h4-5,10-11,18-19H,1-3,6-9,12-17H2,(H,25,26,30). The number of carbonyl (C=O) groups is 2. The summed E-state index contributed by atoms with van der Waals surface area (Å²) in [5, 5.41) is 3.17. The Balaban J connectivity index is 1.27. The van der Waals surface area contributed by atoms with E-state index >= 15 is 0 Å². The summed E-state index contributed by atoms with van der Waals surface area (Å²) in [4.78, 5) is 34.4. The third-order valence-corrected chi connectivity index (χ3v) is 7.28. The van der Waals surface area contributed by atoms with Crippen molar-refractivity contribution in [2.45, 2.75) is 63.8 Å². The largest absolute Gasteiger partial charge is 0.325 e. The van der Waals surface area contributed by atoms with Gasteiger partial charge in [-0.3, -0.25) is 10.1 Å². The van der Waals surface area contributed by atoms with Gasteiger partial charge in [0.05, 0.1) is 11.0 Å². The first kappa shape index (κ1) is 20.3. The molecule has 3 fully saturated rings. The maximum absolute atomic E-state index is 13.1. The van der Waals surface area contributed by atoms with E-state index in [1.54, 1.807) is 0 Å². The van der Waals surface area contributed by atoms with Gasteiger partial charge >= 0.3 is 6.03 Å². The number of amides is 3. The summed E-state index contributed by atoms with van der Waals surface area (Å²) in [5.41, 5.74) is 2.05. The summed E-state index contributed by atoms with van der Waals surface area (Å²) in [6, 6.07) is 8.72. The van der Waals surface area contributed by atoms with E-state index in [2.05, 4.69) is 16.0 Å². The van der Waals surface area contributed by atoms with Crippen LogP contribution in [0.1, 0.15) is 63.8 Å². The first-order valence-electron chi connectivity index (χ1n) is 12.0. The maximum atomic E-state index is 13.1. The topological polar surface area (TPSA) is 70.5 Å². The van der Waals surface area contributed by atoms with Gasteiger partial charge in [-0.2, -0.15) is 0 Å². The van der Waals surface area contributed by atoms with Gasteiger partial charge in [-0.25, -0.2) is 9.78 Å². The highest BCUT2D eigenvalue weighted by atomic mass is 16.2. The second-order valence-electron chi connectivity index (χ2n) is 9.31. The molecule has 166 valence electrons. The molecule has 2 saturated heterocycles. The molecule has 0 atom stereocenters. The first-order chi connectivity index (χ1) is 15.2. The summed E-state index contributed by atoms with van der Waals surface area (Å²) in [5.74, 6) is 0.663. The number of anilines is 1. The summed E-state index contributed by atoms with van der Waals surface area (Å²) >= 11 is 0. The lowest BCUT2D eigenvalue weighted by molar-refractivity contribution is -0.121. The molecule has 1 aromatic heterocycles. The SMILES string of the molecule is O=C(Nc1nc2ccccc2n1C1CCCCC1)C1CCN(C(=O)N2CCCC2)CC1. The molecule has 7 heteroatoms. The molecular weight excluding hydrogens is 390 g/mol. The molecule has 5 rings (SSSR count). The fraction of sp³-hybridized carbons (Fsp3) is 0.625. The minimum Gasteiger partial charge on any atom is -0.325 e. The van der Waals surface area contributed by atoms with E-state index in [9.17, 15) is 9.59 Å². The van der Waals surface area contributed by atoms with Crippen molar-refractivity contribution in [1.29, 1.82) is 0 Å². The van der Waals surface area contributed by atoms with Crippen molar-refractivity contribution in [3.05, 3.63) is 24.3 Å². The molecular formula is C24H33N5O2. The number of para-hydroxylation sites is 2. The zero-order chi connectivity index (χ0) is 21.2. The van der Waals surface area contributed by atoms with Gasteiger partial charge in [-0.15, -0.1) is 0 Å². The molecule has 3 amide bonds. The molecule has 3 heterocycles.